The van der Waals surface area contributed by atoms with Gasteiger partial charge < -0.3 is 14.8 Å². The van der Waals surface area contributed by atoms with Crippen molar-refractivity contribution in [3.63, 3.8) is 0 Å². The Morgan fingerprint density at radius 2 is 1.37 bits per heavy atom. The summed E-state index contributed by atoms with van der Waals surface area (Å²) in [6.45, 7) is 1.28. The van der Waals surface area contributed by atoms with Crippen LogP contribution < -0.4 is 10.1 Å². The molecule has 0 radical (unpaired) electrons. The summed E-state index contributed by atoms with van der Waals surface area (Å²) in [5, 5.41) is 3.49. The summed E-state index contributed by atoms with van der Waals surface area (Å²) >= 11 is 0. The third kappa shape index (κ3) is 7.04. The van der Waals surface area contributed by atoms with Gasteiger partial charge in [0, 0.05) is 18.3 Å². The first-order chi connectivity index (χ1) is 18.7. The zero-order valence-corrected chi connectivity index (χ0v) is 21.8. The number of anilines is 1. The highest BCUT2D eigenvalue weighted by Crippen LogP contribution is 2.33. The van der Waals surface area contributed by atoms with Gasteiger partial charge in [-0.2, -0.15) is 0 Å². The summed E-state index contributed by atoms with van der Waals surface area (Å²) in [6, 6.07) is 34.2. The summed E-state index contributed by atoms with van der Waals surface area (Å²) in [5.41, 5.74) is 5.97. The van der Waals surface area contributed by atoms with Gasteiger partial charge in [0.25, 0.3) is 0 Å². The van der Waals surface area contributed by atoms with Crippen LogP contribution in [0.25, 0.3) is 0 Å². The first-order valence-corrected chi connectivity index (χ1v) is 13.6. The van der Waals surface area contributed by atoms with Gasteiger partial charge in [-0.3, -0.25) is 0 Å². The molecule has 1 saturated carbocycles. The van der Waals surface area contributed by atoms with Crippen molar-refractivity contribution in [3.05, 3.63) is 131 Å². The molecule has 0 unspecified atom stereocenters. The molecule has 0 bridgehead atoms. The van der Waals surface area contributed by atoms with Crippen LogP contribution in [0.3, 0.4) is 0 Å². The molecule has 194 valence electrons. The van der Waals surface area contributed by atoms with Crippen LogP contribution in [0.15, 0.2) is 103 Å². The number of carbonyl (C=O) groups is 1. The van der Waals surface area contributed by atoms with E-state index in [2.05, 4.69) is 29.6 Å². The van der Waals surface area contributed by atoms with Gasteiger partial charge in [-0.1, -0.05) is 104 Å². The topological polar surface area (TPSA) is 47.6 Å². The maximum Gasteiger partial charge on any atom is 0.342 e. The maximum atomic E-state index is 13.0. The van der Waals surface area contributed by atoms with E-state index in [1.54, 1.807) is 6.07 Å². The average molecular weight is 506 g/mol. The quantitative estimate of drug-likeness (QED) is 0.220. The maximum absolute atomic E-state index is 13.0. The van der Waals surface area contributed by atoms with Crippen molar-refractivity contribution in [3.8, 4) is 5.75 Å². The lowest BCUT2D eigenvalue weighted by Crippen LogP contribution is -2.09. The molecule has 0 heterocycles. The third-order valence-corrected chi connectivity index (χ3v) is 7.20. The normalized spacial score (nSPS) is 13.6. The molecule has 0 amide bonds. The highest BCUT2D eigenvalue weighted by Gasteiger charge is 2.17. The molecule has 1 N–H and O–H groups in total. The molecule has 1 aliphatic carbocycles. The molecule has 1 fully saturated rings. The van der Waals surface area contributed by atoms with Crippen molar-refractivity contribution in [1.29, 1.82) is 0 Å². The number of esters is 1. The average Bonchev–Trinajstić information content (AvgIpc) is 2.99. The molecule has 4 heteroatoms. The largest absolute Gasteiger partial charge is 0.488 e. The fourth-order valence-corrected chi connectivity index (χ4v) is 5.00. The number of carbonyl (C=O) groups excluding carboxylic acids is 1. The second kappa shape index (κ2) is 13.0. The molecule has 4 nitrogen and oxygen atoms in total. The lowest BCUT2D eigenvalue weighted by Gasteiger charge is -2.22. The Bertz CT molecular complexity index is 1300. The Kier molecular flexibility index (Phi) is 8.73. The molecule has 0 aromatic heterocycles. The Balaban J connectivity index is 1.26. The Hall–Kier alpha value is -4.05. The van der Waals surface area contributed by atoms with Crippen LogP contribution in [0.5, 0.6) is 5.75 Å². The van der Waals surface area contributed by atoms with Gasteiger partial charge in [0.1, 0.15) is 24.5 Å². The van der Waals surface area contributed by atoms with E-state index in [-0.39, 0.29) is 6.61 Å². The van der Waals surface area contributed by atoms with Gasteiger partial charge in [-0.05, 0) is 53.1 Å². The molecule has 0 spiro atoms. The number of rotatable bonds is 10. The van der Waals surface area contributed by atoms with Crippen LogP contribution in [-0.4, -0.2) is 5.97 Å². The van der Waals surface area contributed by atoms with Gasteiger partial charge in [0.2, 0.25) is 0 Å². The molecular weight excluding hydrogens is 470 g/mol. The molecule has 4 aromatic rings. The summed E-state index contributed by atoms with van der Waals surface area (Å²) in [4.78, 5) is 13.0. The lowest BCUT2D eigenvalue weighted by molar-refractivity contribution is 0.0467. The van der Waals surface area contributed by atoms with Crippen molar-refractivity contribution < 1.29 is 14.3 Å². The number of benzene rings is 4. The lowest BCUT2D eigenvalue weighted by atomic mass is 9.84. The van der Waals surface area contributed by atoms with E-state index in [1.807, 2.05) is 72.8 Å². The van der Waals surface area contributed by atoms with Gasteiger partial charge in [-0.15, -0.1) is 0 Å². The molecule has 4 aromatic carbocycles. The minimum Gasteiger partial charge on any atom is -0.488 e. The van der Waals surface area contributed by atoms with Gasteiger partial charge in [-0.25, -0.2) is 4.79 Å². The van der Waals surface area contributed by atoms with Gasteiger partial charge in [0.05, 0.1) is 0 Å². The highest BCUT2D eigenvalue weighted by atomic mass is 16.5. The number of nitrogens with one attached hydrogen (secondary N) is 1. The minimum atomic E-state index is -0.401. The Labute approximate surface area is 225 Å². The summed E-state index contributed by atoms with van der Waals surface area (Å²) < 4.78 is 11.7. The molecule has 0 aliphatic heterocycles. The zero-order valence-electron chi connectivity index (χ0n) is 21.8. The zero-order chi connectivity index (χ0) is 26.0. The molecule has 38 heavy (non-hydrogen) atoms. The number of hydrogen-bond acceptors (Lipinski definition) is 4. The number of hydrogen-bond donors (Lipinski definition) is 1. The van der Waals surface area contributed by atoms with Crippen LogP contribution in [0.1, 0.15) is 70.6 Å². The second-order valence-electron chi connectivity index (χ2n) is 9.98. The van der Waals surface area contributed by atoms with E-state index in [9.17, 15) is 4.79 Å². The van der Waals surface area contributed by atoms with Crippen molar-refractivity contribution in [2.45, 2.75) is 57.8 Å². The molecule has 0 saturated heterocycles. The van der Waals surface area contributed by atoms with Crippen LogP contribution in [-0.2, 0) is 24.5 Å². The second-order valence-corrected chi connectivity index (χ2v) is 9.98. The van der Waals surface area contributed by atoms with E-state index in [0.29, 0.717) is 30.4 Å². The van der Waals surface area contributed by atoms with Crippen LogP contribution in [0.4, 0.5) is 5.69 Å². The highest BCUT2D eigenvalue weighted by molar-refractivity contribution is 5.93. The van der Waals surface area contributed by atoms with Crippen LogP contribution >= 0.6 is 0 Å². The van der Waals surface area contributed by atoms with Crippen LogP contribution in [0, 0.1) is 0 Å². The van der Waals surface area contributed by atoms with E-state index in [4.69, 9.17) is 9.47 Å². The first kappa shape index (κ1) is 25.6. The van der Waals surface area contributed by atoms with E-state index >= 15 is 0 Å². The smallest absolute Gasteiger partial charge is 0.342 e. The molecule has 5 rings (SSSR count). The predicted molar refractivity (Wildman–Crippen MR) is 152 cm³/mol. The van der Waals surface area contributed by atoms with Crippen molar-refractivity contribution >= 4 is 11.7 Å². The van der Waals surface area contributed by atoms with Crippen molar-refractivity contribution in [2.24, 2.45) is 0 Å². The van der Waals surface area contributed by atoms with Crippen molar-refractivity contribution in [2.75, 3.05) is 5.32 Å². The predicted octanol–water partition coefficient (Wildman–Crippen LogP) is 8.28. The monoisotopic (exact) mass is 505 g/mol. The summed E-state index contributed by atoms with van der Waals surface area (Å²) in [6.07, 6.45) is 6.68. The SMILES string of the molecule is O=C(OCc1ccccc1)c1ccc(NCc2ccc(C3CCCCC3)cc2)cc1OCc1ccccc1. The summed E-state index contributed by atoms with van der Waals surface area (Å²) in [7, 11) is 0. The van der Waals surface area contributed by atoms with Crippen molar-refractivity contribution in [1.82, 2.24) is 0 Å². The standard InChI is InChI=1S/C34H35NO3/c36-34(38-25-28-12-6-2-7-13-28)32-21-20-31(22-33(32)37-24-27-10-4-1-5-11-27)35-23-26-16-18-30(19-17-26)29-14-8-3-9-15-29/h1-2,4-7,10-13,16-22,29,35H,3,8-9,14-15,23-25H2. The third-order valence-electron chi connectivity index (χ3n) is 7.20. The molecular formula is C34H35NO3. The van der Waals surface area contributed by atoms with Gasteiger partial charge >= 0.3 is 5.97 Å². The molecule has 0 atom stereocenters. The molecule has 1 aliphatic rings. The fraction of sp³-hybridized carbons (Fsp3) is 0.265. The summed E-state index contributed by atoms with van der Waals surface area (Å²) in [5.74, 6) is 0.815. The van der Waals surface area contributed by atoms with Gasteiger partial charge in [0.15, 0.2) is 0 Å². The first-order valence-electron chi connectivity index (χ1n) is 13.6. The van der Waals surface area contributed by atoms with Crippen LogP contribution in [0.2, 0.25) is 0 Å². The number of ether oxygens (including phenoxy) is 2. The van der Waals surface area contributed by atoms with E-state index in [0.717, 1.165) is 16.8 Å². The van der Waals surface area contributed by atoms with E-state index < -0.39 is 5.97 Å². The fourth-order valence-electron chi connectivity index (χ4n) is 5.00. The van der Waals surface area contributed by atoms with E-state index in [1.165, 1.54) is 43.2 Å². The Morgan fingerprint density at radius 1 is 0.711 bits per heavy atom. The minimum absolute atomic E-state index is 0.217. The Morgan fingerprint density at radius 3 is 2.05 bits per heavy atom.